The fourth-order valence-electron chi connectivity index (χ4n) is 3.49. The van der Waals surface area contributed by atoms with E-state index in [4.69, 9.17) is 4.74 Å². The minimum absolute atomic E-state index is 0.0242. The molecule has 0 spiro atoms. The van der Waals surface area contributed by atoms with Gasteiger partial charge >= 0.3 is 5.97 Å². The van der Waals surface area contributed by atoms with Crippen LogP contribution in [0.15, 0.2) is 16.0 Å². The van der Waals surface area contributed by atoms with Crippen molar-refractivity contribution in [1.82, 2.24) is 9.97 Å². The molecule has 5 nitrogen and oxygen atoms in total. The first-order valence-corrected chi connectivity index (χ1v) is 10.9. The normalized spacial score (nSPS) is 21.1. The minimum atomic E-state index is -0.237. The topological polar surface area (TPSA) is 72.0 Å². The second-order valence-corrected chi connectivity index (χ2v) is 10.3. The summed E-state index contributed by atoms with van der Waals surface area (Å²) in [7, 11) is 0. The molecule has 2 aromatic heterocycles. The summed E-state index contributed by atoms with van der Waals surface area (Å²) in [6, 6.07) is 1.84. The Bertz CT molecular complexity index is 843. The summed E-state index contributed by atoms with van der Waals surface area (Å²) in [5, 5.41) is 1.08. The maximum absolute atomic E-state index is 12.2. The van der Waals surface area contributed by atoms with Crippen LogP contribution < -0.4 is 5.56 Å². The zero-order valence-corrected chi connectivity index (χ0v) is 17.4. The van der Waals surface area contributed by atoms with Gasteiger partial charge < -0.3 is 9.72 Å². The summed E-state index contributed by atoms with van der Waals surface area (Å²) in [5.41, 5.74) is 0.164. The largest absolute Gasteiger partial charge is 0.462 e. The smallest absolute Gasteiger partial charge is 0.316 e. The highest BCUT2D eigenvalue weighted by molar-refractivity contribution is 7.99. The van der Waals surface area contributed by atoms with Crippen LogP contribution in [0.2, 0.25) is 0 Å². The molecule has 1 saturated carbocycles. The number of thiophene rings is 1. The van der Waals surface area contributed by atoms with Gasteiger partial charge in [0.15, 0.2) is 5.16 Å². The Hall–Kier alpha value is -1.34. The van der Waals surface area contributed by atoms with Crippen LogP contribution in [0, 0.1) is 18.3 Å². The molecule has 0 bridgehead atoms. The Morgan fingerprint density at radius 3 is 2.69 bits per heavy atom. The van der Waals surface area contributed by atoms with Gasteiger partial charge in [-0.3, -0.25) is 9.59 Å². The highest BCUT2D eigenvalue weighted by Gasteiger charge is 2.31. The standard InChI is InChI=1S/C19H26N2O3S2/c1-11-9-14-16(23)20-18(21-17(14)26-11)25-10-15(22)24-13-7-5-12(6-8-13)19(2,3)4/h9,12-13H,5-8,10H2,1-4H3,(H,20,21,23). The summed E-state index contributed by atoms with van der Waals surface area (Å²) in [4.78, 5) is 33.2. The summed E-state index contributed by atoms with van der Waals surface area (Å²) < 4.78 is 5.62. The number of rotatable bonds is 4. The average molecular weight is 395 g/mol. The quantitative estimate of drug-likeness (QED) is 0.468. The second kappa shape index (κ2) is 7.72. The number of thioether (sulfide) groups is 1. The van der Waals surface area contributed by atoms with Gasteiger partial charge in [-0.2, -0.15) is 0 Å². The summed E-state index contributed by atoms with van der Waals surface area (Å²) in [6.45, 7) is 8.78. The van der Waals surface area contributed by atoms with Crippen molar-refractivity contribution in [2.45, 2.75) is 64.6 Å². The number of aromatic amines is 1. The average Bonchev–Trinajstić information content (AvgIpc) is 2.93. The minimum Gasteiger partial charge on any atom is -0.462 e. The Kier molecular flexibility index (Phi) is 5.77. The van der Waals surface area contributed by atoms with Gasteiger partial charge in [0.25, 0.3) is 5.56 Å². The number of hydrogen-bond donors (Lipinski definition) is 1. The monoisotopic (exact) mass is 394 g/mol. The van der Waals surface area contributed by atoms with Crippen LogP contribution in [-0.4, -0.2) is 27.8 Å². The lowest BCUT2D eigenvalue weighted by molar-refractivity contribution is -0.148. The van der Waals surface area contributed by atoms with E-state index in [-0.39, 0.29) is 23.4 Å². The molecule has 26 heavy (non-hydrogen) atoms. The molecule has 1 aliphatic rings. The second-order valence-electron chi connectivity index (χ2n) is 8.07. The summed E-state index contributed by atoms with van der Waals surface area (Å²) in [5.74, 6) is 0.624. The number of H-pyrrole nitrogens is 1. The third-order valence-electron chi connectivity index (χ3n) is 5.03. The molecule has 2 heterocycles. The Balaban J connectivity index is 1.51. The van der Waals surface area contributed by atoms with E-state index in [9.17, 15) is 9.59 Å². The Morgan fingerprint density at radius 2 is 2.04 bits per heavy atom. The zero-order chi connectivity index (χ0) is 18.9. The van der Waals surface area contributed by atoms with Crippen LogP contribution in [0.4, 0.5) is 0 Å². The van der Waals surface area contributed by atoms with Crippen LogP contribution in [0.1, 0.15) is 51.3 Å². The van der Waals surface area contributed by atoms with Crippen molar-refractivity contribution in [1.29, 1.82) is 0 Å². The maximum Gasteiger partial charge on any atom is 0.316 e. The summed E-state index contributed by atoms with van der Waals surface area (Å²) in [6.07, 6.45) is 4.12. The molecule has 142 valence electrons. The molecular formula is C19H26N2O3S2. The zero-order valence-electron chi connectivity index (χ0n) is 15.8. The molecule has 0 atom stereocenters. The van der Waals surface area contributed by atoms with E-state index in [2.05, 4.69) is 30.7 Å². The van der Waals surface area contributed by atoms with E-state index in [1.165, 1.54) is 23.1 Å². The molecule has 2 aromatic rings. The highest BCUT2D eigenvalue weighted by atomic mass is 32.2. The van der Waals surface area contributed by atoms with Gasteiger partial charge in [0.2, 0.25) is 0 Å². The number of carbonyl (C=O) groups excluding carboxylic acids is 1. The van der Waals surface area contributed by atoms with Crippen LogP contribution in [0.5, 0.6) is 0 Å². The molecule has 0 unspecified atom stereocenters. The number of fused-ring (bicyclic) bond motifs is 1. The number of aromatic nitrogens is 2. The first-order valence-electron chi connectivity index (χ1n) is 9.05. The third-order valence-corrected chi connectivity index (χ3v) is 6.82. The van der Waals surface area contributed by atoms with Crippen LogP contribution >= 0.6 is 23.1 Å². The SMILES string of the molecule is Cc1cc2c(=O)[nH]c(SCC(=O)OC3CCC(C(C)(C)C)CC3)nc2s1. The van der Waals surface area contributed by atoms with Gasteiger partial charge in [0.05, 0.1) is 11.1 Å². The maximum atomic E-state index is 12.2. The van der Waals surface area contributed by atoms with E-state index < -0.39 is 0 Å². The predicted molar refractivity (Wildman–Crippen MR) is 107 cm³/mol. The fourth-order valence-corrected chi connectivity index (χ4v) is 5.08. The summed E-state index contributed by atoms with van der Waals surface area (Å²) >= 11 is 2.71. The lowest BCUT2D eigenvalue weighted by Gasteiger charge is -2.36. The van der Waals surface area contributed by atoms with Crippen molar-refractivity contribution in [3.8, 4) is 0 Å². The fraction of sp³-hybridized carbons (Fsp3) is 0.632. The van der Waals surface area contributed by atoms with E-state index in [0.29, 0.717) is 26.7 Å². The molecule has 0 aliphatic heterocycles. The van der Waals surface area contributed by atoms with Crippen molar-refractivity contribution < 1.29 is 9.53 Å². The number of esters is 1. The van der Waals surface area contributed by atoms with Crippen molar-refractivity contribution >= 4 is 39.3 Å². The molecular weight excluding hydrogens is 368 g/mol. The Morgan fingerprint density at radius 1 is 1.35 bits per heavy atom. The van der Waals surface area contributed by atoms with Crippen LogP contribution in [0.3, 0.4) is 0 Å². The number of nitrogens with one attached hydrogen (secondary N) is 1. The third kappa shape index (κ3) is 4.68. The predicted octanol–water partition coefficient (Wildman–Crippen LogP) is 4.53. The highest BCUT2D eigenvalue weighted by Crippen LogP contribution is 2.38. The number of ether oxygens (including phenoxy) is 1. The molecule has 3 rings (SSSR count). The van der Waals surface area contributed by atoms with Crippen molar-refractivity contribution in [3.05, 3.63) is 21.3 Å². The lowest BCUT2D eigenvalue weighted by atomic mass is 9.72. The van der Waals surface area contributed by atoms with Crippen molar-refractivity contribution in [2.75, 3.05) is 5.75 Å². The van der Waals surface area contributed by atoms with Gasteiger partial charge in [-0.05, 0) is 50.0 Å². The number of carbonyl (C=O) groups is 1. The van der Waals surface area contributed by atoms with Crippen molar-refractivity contribution in [2.24, 2.45) is 11.3 Å². The van der Waals surface area contributed by atoms with Gasteiger partial charge in [-0.1, -0.05) is 32.5 Å². The number of nitrogens with zero attached hydrogens (tertiary/aromatic N) is 1. The lowest BCUT2D eigenvalue weighted by Crippen LogP contribution is -2.30. The molecule has 0 aromatic carbocycles. The first-order chi connectivity index (χ1) is 12.2. The van der Waals surface area contributed by atoms with Gasteiger partial charge in [-0.25, -0.2) is 4.98 Å². The van der Waals surface area contributed by atoms with E-state index >= 15 is 0 Å². The molecule has 0 radical (unpaired) electrons. The first kappa shape index (κ1) is 19.4. The molecule has 1 aliphatic carbocycles. The molecule has 0 amide bonds. The molecule has 1 fully saturated rings. The number of hydrogen-bond acceptors (Lipinski definition) is 6. The van der Waals surface area contributed by atoms with Crippen molar-refractivity contribution in [3.63, 3.8) is 0 Å². The van der Waals surface area contributed by atoms with Crippen LogP contribution in [0.25, 0.3) is 10.2 Å². The van der Waals surface area contributed by atoms with E-state index in [1.807, 2.05) is 13.0 Å². The molecule has 0 saturated heterocycles. The van der Waals surface area contributed by atoms with E-state index in [0.717, 1.165) is 30.6 Å². The molecule has 1 N–H and O–H groups in total. The van der Waals surface area contributed by atoms with Crippen LogP contribution in [-0.2, 0) is 9.53 Å². The molecule has 7 heteroatoms. The number of aryl methyl sites for hydroxylation is 1. The van der Waals surface area contributed by atoms with Gasteiger partial charge in [0, 0.05) is 4.88 Å². The Labute approximate surface area is 161 Å². The van der Waals surface area contributed by atoms with Gasteiger partial charge in [0.1, 0.15) is 10.9 Å². The van der Waals surface area contributed by atoms with Gasteiger partial charge in [-0.15, -0.1) is 11.3 Å². The van der Waals surface area contributed by atoms with E-state index in [1.54, 1.807) is 0 Å².